The summed E-state index contributed by atoms with van der Waals surface area (Å²) in [6, 6.07) is 11.9. The Balaban J connectivity index is 1.47. The quantitative estimate of drug-likeness (QED) is 0.630. The molecular formula is C26H33F2N3O2. The summed E-state index contributed by atoms with van der Waals surface area (Å²) < 4.78 is 33.5. The number of nitrogens with zero attached hydrogens (tertiary/aromatic N) is 2. The van der Waals surface area contributed by atoms with Gasteiger partial charge in [0.15, 0.2) is 0 Å². The SMILES string of the molecule is CC(C)Oc1ccc(CNC(=O)N(Cc2ccc(F)cc2F)C2CC3CCC(C2)N3C)cc1. The van der Waals surface area contributed by atoms with E-state index in [1.54, 1.807) is 4.90 Å². The summed E-state index contributed by atoms with van der Waals surface area (Å²) in [7, 11) is 2.15. The number of halogens is 2. The number of carbonyl (C=O) groups is 1. The molecule has 33 heavy (non-hydrogen) atoms. The van der Waals surface area contributed by atoms with E-state index in [4.69, 9.17) is 4.74 Å². The van der Waals surface area contributed by atoms with Crippen LogP contribution >= 0.6 is 0 Å². The highest BCUT2D eigenvalue weighted by Crippen LogP contribution is 2.37. The number of piperidine rings is 1. The van der Waals surface area contributed by atoms with Crippen molar-refractivity contribution < 1.29 is 18.3 Å². The number of amides is 2. The molecule has 7 heteroatoms. The standard InChI is InChI=1S/C26H33F2N3O2/c1-17(2)33-24-10-4-18(5-11-24)15-29-26(32)31(16-19-6-7-20(27)12-25(19)28)23-13-21-8-9-22(14-23)30(21)3/h4-7,10-12,17,21-23H,8-9,13-16H2,1-3H3,(H,29,32). The van der Waals surface area contributed by atoms with Crippen molar-refractivity contribution in [2.75, 3.05) is 7.05 Å². The highest BCUT2D eigenvalue weighted by molar-refractivity contribution is 5.74. The van der Waals surface area contributed by atoms with Gasteiger partial charge in [-0.2, -0.15) is 0 Å². The second-order valence-electron chi connectivity index (χ2n) is 9.51. The molecule has 2 heterocycles. The van der Waals surface area contributed by atoms with Crippen LogP contribution in [0.2, 0.25) is 0 Å². The third kappa shape index (κ3) is 5.64. The minimum atomic E-state index is -0.621. The molecule has 4 rings (SSSR count). The minimum absolute atomic E-state index is 0.0185. The second-order valence-corrected chi connectivity index (χ2v) is 9.51. The van der Waals surface area contributed by atoms with E-state index < -0.39 is 11.6 Å². The molecular weight excluding hydrogens is 424 g/mol. The topological polar surface area (TPSA) is 44.8 Å². The number of carbonyl (C=O) groups excluding carboxylic acids is 1. The fraction of sp³-hybridized carbons (Fsp3) is 0.500. The third-order valence-electron chi connectivity index (χ3n) is 6.87. The number of ether oxygens (including phenoxy) is 1. The first-order valence-electron chi connectivity index (χ1n) is 11.8. The molecule has 2 unspecified atom stereocenters. The number of urea groups is 1. The molecule has 2 saturated heterocycles. The fourth-order valence-electron chi connectivity index (χ4n) is 5.07. The van der Waals surface area contributed by atoms with E-state index in [-0.39, 0.29) is 24.7 Å². The van der Waals surface area contributed by atoms with E-state index in [1.807, 2.05) is 38.1 Å². The summed E-state index contributed by atoms with van der Waals surface area (Å²) in [4.78, 5) is 17.5. The van der Waals surface area contributed by atoms with Gasteiger partial charge < -0.3 is 19.9 Å². The largest absolute Gasteiger partial charge is 0.491 e. The maximum atomic E-state index is 14.4. The van der Waals surface area contributed by atoms with Gasteiger partial charge in [0, 0.05) is 36.3 Å². The van der Waals surface area contributed by atoms with Crippen LogP contribution in [0.15, 0.2) is 42.5 Å². The van der Waals surface area contributed by atoms with E-state index in [1.165, 1.54) is 12.1 Å². The van der Waals surface area contributed by atoms with Gasteiger partial charge in [-0.1, -0.05) is 18.2 Å². The zero-order valence-corrected chi connectivity index (χ0v) is 19.6. The molecule has 0 radical (unpaired) electrons. The Labute approximate surface area is 194 Å². The van der Waals surface area contributed by atoms with Gasteiger partial charge in [0.05, 0.1) is 12.6 Å². The van der Waals surface area contributed by atoms with Crippen molar-refractivity contribution in [3.8, 4) is 5.75 Å². The highest BCUT2D eigenvalue weighted by Gasteiger charge is 2.41. The van der Waals surface area contributed by atoms with Gasteiger partial charge in [-0.25, -0.2) is 13.6 Å². The molecule has 0 aromatic heterocycles. The van der Waals surface area contributed by atoms with Crippen molar-refractivity contribution in [2.24, 2.45) is 0 Å². The monoisotopic (exact) mass is 457 g/mol. The van der Waals surface area contributed by atoms with Gasteiger partial charge in [0.1, 0.15) is 17.4 Å². The summed E-state index contributed by atoms with van der Waals surface area (Å²) >= 11 is 0. The molecule has 0 aliphatic carbocycles. The van der Waals surface area contributed by atoms with Crippen molar-refractivity contribution >= 4 is 6.03 Å². The number of fused-ring (bicyclic) bond motifs is 2. The van der Waals surface area contributed by atoms with Crippen LogP contribution < -0.4 is 10.1 Å². The van der Waals surface area contributed by atoms with Crippen LogP contribution in [-0.4, -0.2) is 47.1 Å². The predicted molar refractivity (Wildman–Crippen MR) is 124 cm³/mol. The second kappa shape index (κ2) is 10.1. The van der Waals surface area contributed by atoms with E-state index in [0.717, 1.165) is 43.1 Å². The van der Waals surface area contributed by atoms with Crippen molar-refractivity contribution in [1.29, 1.82) is 0 Å². The molecule has 2 aliphatic heterocycles. The lowest BCUT2D eigenvalue weighted by Gasteiger charge is -2.41. The van der Waals surface area contributed by atoms with E-state index >= 15 is 0 Å². The lowest BCUT2D eigenvalue weighted by atomic mass is 9.96. The summed E-state index contributed by atoms with van der Waals surface area (Å²) in [6.45, 7) is 4.43. The predicted octanol–water partition coefficient (Wildman–Crippen LogP) is 5.09. The molecule has 2 aromatic carbocycles. The fourth-order valence-corrected chi connectivity index (χ4v) is 5.07. The Kier molecular flexibility index (Phi) is 7.17. The Hall–Kier alpha value is -2.67. The first kappa shape index (κ1) is 23.5. The maximum Gasteiger partial charge on any atom is 0.318 e. The third-order valence-corrected chi connectivity index (χ3v) is 6.87. The van der Waals surface area contributed by atoms with Crippen molar-refractivity contribution in [1.82, 2.24) is 15.1 Å². The lowest BCUT2D eigenvalue weighted by molar-refractivity contribution is 0.0860. The van der Waals surface area contributed by atoms with Gasteiger partial charge in [-0.05, 0) is 70.3 Å². The molecule has 2 bridgehead atoms. The van der Waals surface area contributed by atoms with Gasteiger partial charge in [0.25, 0.3) is 0 Å². The van der Waals surface area contributed by atoms with Gasteiger partial charge in [0.2, 0.25) is 0 Å². The highest BCUT2D eigenvalue weighted by atomic mass is 19.1. The molecule has 1 N–H and O–H groups in total. The van der Waals surface area contributed by atoms with Crippen LogP contribution in [-0.2, 0) is 13.1 Å². The van der Waals surface area contributed by atoms with Crippen molar-refractivity contribution in [3.05, 3.63) is 65.2 Å². The molecule has 2 aromatic rings. The van der Waals surface area contributed by atoms with Crippen LogP contribution in [0, 0.1) is 11.6 Å². The maximum absolute atomic E-state index is 14.4. The number of hydrogen-bond donors (Lipinski definition) is 1. The van der Waals surface area contributed by atoms with Crippen molar-refractivity contribution in [2.45, 2.75) is 76.8 Å². The van der Waals surface area contributed by atoms with Crippen LogP contribution in [0.4, 0.5) is 13.6 Å². The average molecular weight is 458 g/mol. The molecule has 0 saturated carbocycles. The van der Waals surface area contributed by atoms with Crippen LogP contribution in [0.5, 0.6) is 5.75 Å². The van der Waals surface area contributed by atoms with Crippen molar-refractivity contribution in [3.63, 3.8) is 0 Å². The Morgan fingerprint density at radius 2 is 1.79 bits per heavy atom. The summed E-state index contributed by atoms with van der Waals surface area (Å²) in [5.41, 5.74) is 1.28. The molecule has 2 amide bonds. The number of nitrogens with one attached hydrogen (secondary N) is 1. The first-order valence-corrected chi connectivity index (χ1v) is 11.8. The van der Waals surface area contributed by atoms with E-state index in [9.17, 15) is 13.6 Å². The Morgan fingerprint density at radius 1 is 1.12 bits per heavy atom. The Morgan fingerprint density at radius 3 is 2.39 bits per heavy atom. The smallest absolute Gasteiger partial charge is 0.318 e. The van der Waals surface area contributed by atoms with Crippen LogP contribution in [0.3, 0.4) is 0 Å². The average Bonchev–Trinajstić information content (AvgIpc) is 2.97. The van der Waals surface area contributed by atoms with E-state index in [0.29, 0.717) is 24.2 Å². The molecule has 178 valence electrons. The molecule has 0 spiro atoms. The minimum Gasteiger partial charge on any atom is -0.491 e. The van der Waals surface area contributed by atoms with Crippen LogP contribution in [0.25, 0.3) is 0 Å². The molecule has 2 atom stereocenters. The molecule has 2 fully saturated rings. The summed E-state index contributed by atoms with van der Waals surface area (Å²) in [5.74, 6) is -0.450. The summed E-state index contributed by atoms with van der Waals surface area (Å²) in [6.07, 6.45) is 4.08. The first-order chi connectivity index (χ1) is 15.8. The van der Waals surface area contributed by atoms with E-state index in [2.05, 4.69) is 17.3 Å². The van der Waals surface area contributed by atoms with Gasteiger partial charge in [-0.15, -0.1) is 0 Å². The zero-order chi connectivity index (χ0) is 23.5. The number of rotatable bonds is 7. The summed E-state index contributed by atoms with van der Waals surface area (Å²) in [5, 5.41) is 3.01. The van der Waals surface area contributed by atoms with Gasteiger partial charge in [-0.3, -0.25) is 0 Å². The normalized spacial score (nSPS) is 22.4. The lowest BCUT2D eigenvalue weighted by Crippen LogP contribution is -2.52. The number of hydrogen-bond acceptors (Lipinski definition) is 3. The number of benzene rings is 2. The van der Waals surface area contributed by atoms with Gasteiger partial charge >= 0.3 is 6.03 Å². The van der Waals surface area contributed by atoms with Crippen LogP contribution in [0.1, 0.15) is 50.7 Å². The Bertz CT molecular complexity index is 953. The zero-order valence-electron chi connectivity index (χ0n) is 19.6. The molecule has 5 nitrogen and oxygen atoms in total. The molecule has 2 aliphatic rings.